The second kappa shape index (κ2) is 21.3. The first kappa shape index (κ1) is 49.6. The average molecular weight is 1340 g/mol. The van der Waals surface area contributed by atoms with Gasteiger partial charge in [-0.3, -0.25) is 28.8 Å². The average Bonchev–Trinajstić information content (AvgIpc) is 3.29. The van der Waals surface area contributed by atoms with Crippen LogP contribution in [0, 0.1) is 0 Å². The molecule has 0 atom stereocenters. The van der Waals surface area contributed by atoms with Gasteiger partial charge in [0.05, 0.1) is 33.4 Å². The van der Waals surface area contributed by atoms with E-state index in [4.69, 9.17) is 40.7 Å². The maximum absolute atomic E-state index is 12.7. The van der Waals surface area contributed by atoms with Gasteiger partial charge in [0.25, 0.3) is 0 Å². The fourth-order valence-electron chi connectivity index (χ4n) is 5.69. The second-order valence-corrected chi connectivity index (χ2v) is 24.8. The molecule has 1 aliphatic rings. The SMILES string of the molecule is O=Cc1cc(Br)ccc1OP1(Oc2ccc(Br)cc2C=O)=NP(Oc2ccc(Br)cc2C=O)(Oc2ccc(Br)cc2C=O)=NP(Oc2ccc(Br)cc2C=O)(Oc2ccc(Br)cc2C=O)=N1. The van der Waals surface area contributed by atoms with Crippen molar-refractivity contribution in [1.29, 1.82) is 0 Å². The molecule has 0 fully saturated rings. The molecule has 0 radical (unpaired) electrons. The number of nitrogens with zero attached hydrogens (tertiary/aromatic N) is 3. The second-order valence-electron chi connectivity index (χ2n) is 13.1. The zero-order valence-electron chi connectivity index (χ0n) is 32.7. The van der Waals surface area contributed by atoms with Crippen LogP contribution in [0.15, 0.2) is 150 Å². The van der Waals surface area contributed by atoms with Crippen molar-refractivity contribution in [3.63, 3.8) is 0 Å². The van der Waals surface area contributed by atoms with Gasteiger partial charge >= 0.3 is 23.0 Å². The Labute approximate surface area is 425 Å². The van der Waals surface area contributed by atoms with Crippen molar-refractivity contribution in [1.82, 2.24) is 0 Å². The normalized spacial score (nSPS) is 14.1. The first-order chi connectivity index (χ1) is 31.6. The number of hydrogen-bond acceptors (Lipinski definition) is 15. The minimum Gasteiger partial charge on any atom is -0.413 e. The third-order valence-electron chi connectivity index (χ3n) is 8.57. The topological polar surface area (TPSA) is 195 Å². The summed E-state index contributed by atoms with van der Waals surface area (Å²) >= 11 is 20.3. The molecular formula is C42H24Br6N3O12P3. The number of hydrogen-bond donors (Lipinski definition) is 0. The van der Waals surface area contributed by atoms with E-state index in [-0.39, 0.29) is 67.9 Å². The molecule has 0 unspecified atom stereocenters. The van der Waals surface area contributed by atoms with E-state index in [1.54, 1.807) is 36.4 Å². The molecule has 0 aromatic heterocycles. The lowest BCUT2D eigenvalue weighted by Gasteiger charge is -2.34. The molecule has 0 spiro atoms. The number of benzene rings is 6. The highest BCUT2D eigenvalue weighted by Gasteiger charge is 2.50. The molecule has 1 aliphatic heterocycles. The lowest BCUT2D eigenvalue weighted by atomic mass is 10.2. The first-order valence-electron chi connectivity index (χ1n) is 18.2. The van der Waals surface area contributed by atoms with E-state index in [1.165, 1.54) is 72.8 Å². The van der Waals surface area contributed by atoms with Gasteiger partial charge < -0.3 is 27.1 Å². The van der Waals surface area contributed by atoms with Gasteiger partial charge in [-0.25, -0.2) is 0 Å². The molecule has 0 amide bonds. The zero-order chi connectivity index (χ0) is 47.2. The fraction of sp³-hybridized carbons (Fsp3) is 0. The molecule has 0 bridgehead atoms. The van der Waals surface area contributed by atoms with Crippen LogP contribution in [0.3, 0.4) is 0 Å². The quantitative estimate of drug-likeness (QED) is 0.0584. The van der Waals surface area contributed by atoms with Crippen LogP contribution in [0.2, 0.25) is 0 Å². The summed E-state index contributed by atoms with van der Waals surface area (Å²) in [4.78, 5) is 76.4. The minimum atomic E-state index is -4.85. The molecule has 7 rings (SSSR count). The van der Waals surface area contributed by atoms with E-state index >= 15 is 0 Å². The summed E-state index contributed by atoms with van der Waals surface area (Å²) in [6, 6.07) is 26.5. The van der Waals surface area contributed by atoms with Crippen LogP contribution in [0.1, 0.15) is 62.1 Å². The van der Waals surface area contributed by atoms with Crippen molar-refractivity contribution in [2.24, 2.45) is 13.5 Å². The van der Waals surface area contributed by atoms with Crippen molar-refractivity contribution < 1.29 is 55.9 Å². The monoisotopic (exact) mass is 1330 g/mol. The smallest absolute Gasteiger partial charge is 0.413 e. The van der Waals surface area contributed by atoms with E-state index in [0.29, 0.717) is 64.6 Å². The van der Waals surface area contributed by atoms with Crippen molar-refractivity contribution in [2.45, 2.75) is 0 Å². The Morgan fingerprint density at radius 2 is 0.439 bits per heavy atom. The summed E-state index contributed by atoms with van der Waals surface area (Å²) in [6.07, 6.45) is 2.99. The van der Waals surface area contributed by atoms with Crippen LogP contribution in [0.25, 0.3) is 0 Å². The highest BCUT2D eigenvalue weighted by atomic mass is 79.9. The third kappa shape index (κ3) is 11.5. The van der Waals surface area contributed by atoms with Crippen molar-refractivity contribution >= 4 is 156 Å². The van der Waals surface area contributed by atoms with Gasteiger partial charge in [-0.05, 0) is 109 Å². The molecule has 0 saturated heterocycles. The maximum atomic E-state index is 12.7. The van der Waals surface area contributed by atoms with Crippen LogP contribution in [-0.4, -0.2) is 37.7 Å². The van der Waals surface area contributed by atoms with Gasteiger partial charge in [-0.15, -0.1) is 0 Å². The summed E-state index contributed by atoms with van der Waals surface area (Å²) in [6.45, 7) is 0. The van der Waals surface area contributed by atoms with Gasteiger partial charge in [0.2, 0.25) is 0 Å². The minimum absolute atomic E-state index is 0.0391. The maximum Gasteiger partial charge on any atom is 0.460 e. The molecule has 66 heavy (non-hydrogen) atoms. The molecule has 0 aliphatic carbocycles. The molecule has 15 nitrogen and oxygen atoms in total. The van der Waals surface area contributed by atoms with Crippen molar-refractivity contribution in [2.75, 3.05) is 0 Å². The highest BCUT2D eigenvalue weighted by Crippen LogP contribution is 2.79. The molecule has 6 aromatic rings. The lowest BCUT2D eigenvalue weighted by Crippen LogP contribution is -2.13. The Morgan fingerprint density at radius 1 is 0.288 bits per heavy atom. The summed E-state index contributed by atoms with van der Waals surface area (Å²) in [7, 11) is -14.6. The Bertz CT molecular complexity index is 2640. The summed E-state index contributed by atoms with van der Waals surface area (Å²) in [5.74, 6) is -0.996. The Hall–Kier alpha value is -4.29. The lowest BCUT2D eigenvalue weighted by molar-refractivity contribution is 0.111. The fourth-order valence-corrected chi connectivity index (χ4v) is 17.2. The predicted octanol–water partition coefficient (Wildman–Crippen LogP) is 15.8. The van der Waals surface area contributed by atoms with Crippen LogP contribution >= 0.6 is 119 Å². The third-order valence-corrected chi connectivity index (χ3v) is 19.6. The molecular weight excluding hydrogens is 1310 g/mol. The summed E-state index contributed by atoms with van der Waals surface area (Å²) in [5, 5.41) is 0. The van der Waals surface area contributed by atoms with E-state index in [9.17, 15) is 28.8 Å². The highest BCUT2D eigenvalue weighted by molar-refractivity contribution is 9.11. The van der Waals surface area contributed by atoms with Gasteiger partial charge in [0.15, 0.2) is 37.7 Å². The zero-order valence-corrected chi connectivity index (χ0v) is 44.9. The van der Waals surface area contributed by atoms with Crippen LogP contribution < -0.4 is 27.1 Å². The van der Waals surface area contributed by atoms with E-state index < -0.39 is 23.0 Å². The van der Waals surface area contributed by atoms with Crippen molar-refractivity contribution in [3.05, 3.63) is 169 Å². The van der Waals surface area contributed by atoms with Gasteiger partial charge in [-0.2, -0.15) is 0 Å². The number of rotatable bonds is 18. The number of aldehydes is 6. The van der Waals surface area contributed by atoms with Crippen LogP contribution in [0.4, 0.5) is 0 Å². The largest absolute Gasteiger partial charge is 0.460 e. The van der Waals surface area contributed by atoms with E-state index in [1.807, 2.05) is 0 Å². The number of halogens is 6. The molecule has 24 heteroatoms. The standard InChI is InChI=1S/C42H24Br6N3O12P3/c43-31-1-7-37(25(13-31)19-52)58-64(59-38-8-2-32(44)14-26(38)20-53)49-65(60-39-9-3-33(45)15-27(39)21-54,61-40-10-4-34(46)16-28(40)22-55)51-66(50-64,62-41-11-5-35(47)17-29(41)23-56)63-42-12-6-36(48)18-30(42)24-57/h1-24H. The summed E-state index contributed by atoms with van der Waals surface area (Å²) in [5.41, 5.74) is -0.234. The Balaban J connectivity index is 1.72. The number of carbonyl (C=O) groups is 6. The Morgan fingerprint density at radius 3 is 0.576 bits per heavy atom. The van der Waals surface area contributed by atoms with E-state index in [2.05, 4.69) is 95.6 Å². The van der Waals surface area contributed by atoms with Crippen LogP contribution in [0.5, 0.6) is 34.5 Å². The predicted molar refractivity (Wildman–Crippen MR) is 269 cm³/mol. The molecule has 1 heterocycles. The molecule has 0 N–H and O–H groups in total. The molecule has 6 aromatic carbocycles. The molecule has 0 saturated carbocycles. The van der Waals surface area contributed by atoms with Crippen molar-refractivity contribution in [3.8, 4) is 34.5 Å². The molecule has 336 valence electrons. The first-order valence-corrected chi connectivity index (χ1v) is 27.6. The summed E-state index contributed by atoms with van der Waals surface area (Å²) < 4.78 is 58.5. The number of carbonyl (C=O) groups excluding carboxylic acids is 6. The van der Waals surface area contributed by atoms with Gasteiger partial charge in [0, 0.05) is 26.8 Å². The van der Waals surface area contributed by atoms with Gasteiger partial charge in [0.1, 0.15) is 34.5 Å². The Kier molecular flexibility index (Phi) is 16.0. The van der Waals surface area contributed by atoms with E-state index in [0.717, 1.165) is 0 Å². The van der Waals surface area contributed by atoms with Gasteiger partial charge in [-0.1, -0.05) is 109 Å². The van der Waals surface area contributed by atoms with Crippen LogP contribution in [-0.2, 0) is 0 Å².